The van der Waals surface area contributed by atoms with Crippen LogP contribution < -0.4 is 5.73 Å². The molecule has 0 unspecified atom stereocenters. The molecule has 0 bridgehead atoms. The Hall–Kier alpha value is -1.24. The molecule has 0 saturated heterocycles. The molecule has 1 nitrogen and oxygen atoms in total. The first-order chi connectivity index (χ1) is 5.75. The van der Waals surface area contributed by atoms with E-state index in [0.29, 0.717) is 0 Å². The van der Waals surface area contributed by atoms with E-state index in [4.69, 9.17) is 5.73 Å². The van der Waals surface area contributed by atoms with Crippen molar-refractivity contribution in [2.45, 2.75) is 19.8 Å². The van der Waals surface area contributed by atoms with Crippen LogP contribution in [0.15, 0.2) is 30.8 Å². The van der Waals surface area contributed by atoms with Gasteiger partial charge in [0.05, 0.1) is 0 Å². The summed E-state index contributed by atoms with van der Waals surface area (Å²) >= 11 is 0. The lowest BCUT2D eigenvalue weighted by Crippen LogP contribution is -1.91. The molecule has 0 amide bonds. The summed E-state index contributed by atoms with van der Waals surface area (Å²) in [5.41, 5.74) is 8.85. The van der Waals surface area contributed by atoms with Gasteiger partial charge in [-0.2, -0.15) is 0 Å². The van der Waals surface area contributed by atoms with Crippen LogP contribution in [0.1, 0.15) is 25.3 Å². The van der Waals surface area contributed by atoms with Crippen molar-refractivity contribution in [2.24, 2.45) is 0 Å². The lowest BCUT2D eigenvalue weighted by atomic mass is 10.0. The van der Waals surface area contributed by atoms with Gasteiger partial charge in [0.15, 0.2) is 0 Å². The van der Waals surface area contributed by atoms with Crippen LogP contribution in [-0.2, 0) is 0 Å². The largest absolute Gasteiger partial charge is 0.398 e. The first kappa shape index (κ1) is 8.85. The van der Waals surface area contributed by atoms with Crippen molar-refractivity contribution in [3.63, 3.8) is 0 Å². The lowest BCUT2D eigenvalue weighted by molar-refractivity contribution is 0.976. The zero-order valence-corrected chi connectivity index (χ0v) is 7.51. The Morgan fingerprint density at radius 3 is 2.67 bits per heavy atom. The van der Waals surface area contributed by atoms with E-state index in [2.05, 4.69) is 13.5 Å². The van der Waals surface area contributed by atoms with Crippen molar-refractivity contribution in [1.29, 1.82) is 0 Å². The lowest BCUT2D eigenvalue weighted by Gasteiger charge is -2.06. The van der Waals surface area contributed by atoms with E-state index >= 15 is 0 Å². The highest BCUT2D eigenvalue weighted by Crippen LogP contribution is 2.22. The number of anilines is 1. The maximum Gasteiger partial charge on any atom is 0.0390 e. The number of para-hydroxylation sites is 1. The van der Waals surface area contributed by atoms with E-state index in [-0.39, 0.29) is 0 Å². The SMILES string of the molecule is C=C(CCC)c1ccccc1N. The summed E-state index contributed by atoms with van der Waals surface area (Å²) in [7, 11) is 0. The first-order valence-electron chi connectivity index (χ1n) is 4.28. The molecule has 1 rings (SSSR count). The molecule has 0 saturated carbocycles. The zero-order valence-electron chi connectivity index (χ0n) is 7.51. The van der Waals surface area contributed by atoms with Gasteiger partial charge >= 0.3 is 0 Å². The van der Waals surface area contributed by atoms with Crippen molar-refractivity contribution in [3.8, 4) is 0 Å². The third-order valence-corrected chi connectivity index (χ3v) is 1.89. The number of allylic oxidation sites excluding steroid dienone is 1. The molecule has 1 aromatic rings. The molecule has 0 aliphatic rings. The maximum absolute atomic E-state index is 5.79. The van der Waals surface area contributed by atoms with Crippen LogP contribution in [0.5, 0.6) is 0 Å². The number of benzene rings is 1. The predicted octanol–water partition coefficient (Wildman–Crippen LogP) is 3.08. The van der Waals surface area contributed by atoms with Gasteiger partial charge in [-0.3, -0.25) is 0 Å². The minimum atomic E-state index is 0.830. The Balaban J connectivity index is 2.87. The van der Waals surface area contributed by atoms with E-state index in [9.17, 15) is 0 Å². The van der Waals surface area contributed by atoms with E-state index in [1.165, 1.54) is 0 Å². The Labute approximate surface area is 73.9 Å². The van der Waals surface area contributed by atoms with Crippen molar-refractivity contribution >= 4 is 11.3 Å². The second-order valence-electron chi connectivity index (χ2n) is 2.94. The Morgan fingerprint density at radius 1 is 1.42 bits per heavy atom. The molecule has 0 heterocycles. The standard InChI is InChI=1S/C11H15N/c1-3-6-9(2)10-7-4-5-8-11(10)12/h4-5,7-8H,2-3,6,12H2,1H3. The summed E-state index contributed by atoms with van der Waals surface area (Å²) in [5, 5.41) is 0. The molecule has 0 fully saturated rings. The van der Waals surface area contributed by atoms with Crippen molar-refractivity contribution < 1.29 is 0 Å². The van der Waals surface area contributed by atoms with E-state index in [0.717, 1.165) is 29.7 Å². The summed E-state index contributed by atoms with van der Waals surface area (Å²) in [6.07, 6.45) is 2.14. The smallest absolute Gasteiger partial charge is 0.0390 e. The van der Waals surface area contributed by atoms with E-state index < -0.39 is 0 Å². The molecule has 1 heteroatoms. The highest BCUT2D eigenvalue weighted by atomic mass is 14.6. The van der Waals surface area contributed by atoms with Gasteiger partial charge in [-0.15, -0.1) is 0 Å². The minimum absolute atomic E-state index is 0.830. The highest BCUT2D eigenvalue weighted by Gasteiger charge is 2.00. The number of rotatable bonds is 3. The fourth-order valence-electron chi connectivity index (χ4n) is 1.26. The summed E-state index contributed by atoms with van der Waals surface area (Å²) in [6, 6.07) is 7.87. The van der Waals surface area contributed by atoms with Crippen LogP contribution >= 0.6 is 0 Å². The highest BCUT2D eigenvalue weighted by molar-refractivity contribution is 5.73. The molecule has 64 valence electrons. The summed E-state index contributed by atoms with van der Waals surface area (Å²) in [4.78, 5) is 0. The van der Waals surface area contributed by atoms with Gasteiger partial charge in [0.1, 0.15) is 0 Å². The van der Waals surface area contributed by atoms with Gasteiger partial charge in [0, 0.05) is 5.69 Å². The maximum atomic E-state index is 5.79. The molecule has 0 aliphatic heterocycles. The summed E-state index contributed by atoms with van der Waals surface area (Å²) < 4.78 is 0. The molecule has 0 spiro atoms. The topological polar surface area (TPSA) is 26.0 Å². The van der Waals surface area contributed by atoms with Crippen molar-refractivity contribution in [3.05, 3.63) is 36.4 Å². The molecule has 1 aromatic carbocycles. The van der Waals surface area contributed by atoms with Gasteiger partial charge in [-0.05, 0) is 23.6 Å². The average molecular weight is 161 g/mol. The van der Waals surface area contributed by atoms with Crippen LogP contribution in [0.3, 0.4) is 0 Å². The second-order valence-corrected chi connectivity index (χ2v) is 2.94. The molecule has 0 atom stereocenters. The van der Waals surface area contributed by atoms with Crippen LogP contribution in [0.4, 0.5) is 5.69 Å². The molecule has 0 aromatic heterocycles. The number of hydrogen-bond donors (Lipinski definition) is 1. The van der Waals surface area contributed by atoms with Gasteiger partial charge in [-0.1, -0.05) is 38.1 Å². The molecular formula is C11H15N. The van der Waals surface area contributed by atoms with E-state index in [1.807, 2.05) is 24.3 Å². The average Bonchev–Trinajstić information content (AvgIpc) is 2.05. The third-order valence-electron chi connectivity index (χ3n) is 1.89. The van der Waals surface area contributed by atoms with Crippen LogP contribution in [0.2, 0.25) is 0 Å². The molecule has 2 N–H and O–H groups in total. The monoisotopic (exact) mass is 161 g/mol. The van der Waals surface area contributed by atoms with Gasteiger partial charge < -0.3 is 5.73 Å². The minimum Gasteiger partial charge on any atom is -0.398 e. The second kappa shape index (κ2) is 3.96. The number of hydrogen-bond acceptors (Lipinski definition) is 1. The fraction of sp³-hybridized carbons (Fsp3) is 0.273. The van der Waals surface area contributed by atoms with Crippen molar-refractivity contribution in [1.82, 2.24) is 0 Å². The Morgan fingerprint density at radius 2 is 2.08 bits per heavy atom. The van der Waals surface area contributed by atoms with Crippen LogP contribution in [-0.4, -0.2) is 0 Å². The third kappa shape index (κ3) is 1.88. The van der Waals surface area contributed by atoms with Crippen LogP contribution in [0, 0.1) is 0 Å². The molecule has 12 heavy (non-hydrogen) atoms. The quantitative estimate of drug-likeness (QED) is 0.677. The molecule has 0 radical (unpaired) electrons. The van der Waals surface area contributed by atoms with Gasteiger partial charge in [0.2, 0.25) is 0 Å². The summed E-state index contributed by atoms with van der Waals surface area (Å²) in [6.45, 7) is 6.14. The number of nitrogens with two attached hydrogens (primary N) is 1. The van der Waals surface area contributed by atoms with Gasteiger partial charge in [0.25, 0.3) is 0 Å². The Bertz CT molecular complexity index is 276. The van der Waals surface area contributed by atoms with Gasteiger partial charge in [-0.25, -0.2) is 0 Å². The van der Waals surface area contributed by atoms with Crippen molar-refractivity contribution in [2.75, 3.05) is 5.73 Å². The number of nitrogen functional groups attached to an aromatic ring is 1. The Kier molecular flexibility index (Phi) is 2.92. The normalized spacial score (nSPS) is 9.75. The van der Waals surface area contributed by atoms with Crippen LogP contribution in [0.25, 0.3) is 5.57 Å². The summed E-state index contributed by atoms with van der Waals surface area (Å²) in [5.74, 6) is 0. The fourth-order valence-corrected chi connectivity index (χ4v) is 1.26. The predicted molar refractivity (Wildman–Crippen MR) is 54.8 cm³/mol. The molecule has 0 aliphatic carbocycles. The molecular weight excluding hydrogens is 146 g/mol. The van der Waals surface area contributed by atoms with E-state index in [1.54, 1.807) is 0 Å². The zero-order chi connectivity index (χ0) is 8.97. The first-order valence-corrected chi connectivity index (χ1v) is 4.28.